The number of carbonyl (C=O) groups excluding carboxylic acids is 2. The van der Waals surface area contributed by atoms with Gasteiger partial charge in [0.05, 0.1) is 5.75 Å². The summed E-state index contributed by atoms with van der Waals surface area (Å²) < 4.78 is 7.29. The van der Waals surface area contributed by atoms with Gasteiger partial charge in [0.25, 0.3) is 0 Å². The number of hydrogen-bond acceptors (Lipinski definition) is 4. The lowest BCUT2D eigenvalue weighted by Gasteiger charge is -2.09. The van der Waals surface area contributed by atoms with Gasteiger partial charge in [-0.05, 0) is 55.0 Å². The Morgan fingerprint density at radius 2 is 1.58 bits per heavy atom. The second-order valence-corrected chi connectivity index (χ2v) is 8.39. The zero-order chi connectivity index (χ0) is 21.8. The van der Waals surface area contributed by atoms with Crippen LogP contribution in [0.2, 0.25) is 0 Å². The number of aromatic nitrogens is 1. The molecule has 0 aliphatic carbocycles. The summed E-state index contributed by atoms with van der Waals surface area (Å²) in [6.07, 6.45) is 0. The average molecular weight is 430 g/mol. The first kappa shape index (κ1) is 20.9. The van der Waals surface area contributed by atoms with E-state index in [1.165, 1.54) is 11.8 Å². The molecule has 0 unspecified atom stereocenters. The Labute approximate surface area is 185 Å². The quantitative estimate of drug-likeness (QED) is 0.213. The predicted molar refractivity (Wildman–Crippen MR) is 125 cm³/mol. The molecule has 0 saturated heterocycles. The van der Waals surface area contributed by atoms with Crippen molar-refractivity contribution in [3.63, 3.8) is 0 Å². The molecule has 0 N–H and O–H groups in total. The van der Waals surface area contributed by atoms with Crippen molar-refractivity contribution in [2.45, 2.75) is 18.7 Å². The lowest BCUT2D eigenvalue weighted by molar-refractivity contribution is -0.139. The number of nitrogens with zero attached hydrogens (tertiary/aromatic N) is 1. The topological polar surface area (TPSA) is 48.3 Å². The van der Waals surface area contributed by atoms with Crippen molar-refractivity contribution < 1.29 is 14.3 Å². The van der Waals surface area contributed by atoms with E-state index < -0.39 is 5.97 Å². The summed E-state index contributed by atoms with van der Waals surface area (Å²) in [5.41, 5.74) is 3.39. The van der Waals surface area contributed by atoms with Crippen LogP contribution < -0.4 is 0 Å². The number of esters is 1. The molecule has 3 aromatic carbocycles. The van der Waals surface area contributed by atoms with Crippen LogP contribution in [0, 0.1) is 13.8 Å². The van der Waals surface area contributed by atoms with E-state index in [0.717, 1.165) is 32.7 Å². The predicted octanol–water partition coefficient (Wildman–Crippen LogP) is 5.77. The number of ether oxygens (including phenoxy) is 1. The number of carbonyl (C=O) groups is 2. The first-order valence-corrected chi connectivity index (χ1v) is 11.1. The third-order valence-corrected chi connectivity index (χ3v) is 6.16. The van der Waals surface area contributed by atoms with Gasteiger partial charge in [-0.15, -0.1) is 11.8 Å². The van der Waals surface area contributed by atoms with E-state index in [0.29, 0.717) is 5.56 Å². The molecule has 0 aliphatic heterocycles. The van der Waals surface area contributed by atoms with Crippen LogP contribution in [0.3, 0.4) is 0 Å². The second-order valence-electron chi connectivity index (χ2n) is 7.34. The maximum Gasteiger partial charge on any atom is 0.316 e. The zero-order valence-corrected chi connectivity index (χ0v) is 18.3. The van der Waals surface area contributed by atoms with E-state index in [2.05, 4.69) is 12.1 Å². The van der Waals surface area contributed by atoms with Gasteiger partial charge in [0.1, 0.15) is 0 Å². The number of ketones is 1. The van der Waals surface area contributed by atoms with Gasteiger partial charge >= 0.3 is 5.97 Å². The van der Waals surface area contributed by atoms with Crippen molar-refractivity contribution in [3.8, 4) is 5.69 Å². The molecule has 0 spiro atoms. The molecule has 31 heavy (non-hydrogen) atoms. The molecule has 0 saturated carbocycles. The highest BCUT2D eigenvalue weighted by molar-refractivity contribution is 8.00. The maximum absolute atomic E-state index is 12.7. The van der Waals surface area contributed by atoms with Gasteiger partial charge in [-0.3, -0.25) is 9.59 Å². The Hall–Kier alpha value is -3.31. The molecule has 0 bridgehead atoms. The number of Topliss-reactive ketones (excluding diaryl/α,β-unsaturated/α-hetero) is 1. The number of aryl methyl sites for hydroxylation is 1. The van der Waals surface area contributed by atoms with E-state index in [4.69, 9.17) is 4.74 Å². The van der Waals surface area contributed by atoms with E-state index in [1.54, 1.807) is 0 Å². The normalized spacial score (nSPS) is 10.9. The molecule has 0 fully saturated rings. The smallest absolute Gasteiger partial charge is 0.316 e. The monoisotopic (exact) mass is 429 g/mol. The molecule has 4 rings (SSSR count). The number of para-hydroxylation sites is 1. The fourth-order valence-electron chi connectivity index (χ4n) is 3.68. The highest BCUT2D eigenvalue weighted by Gasteiger charge is 2.18. The van der Waals surface area contributed by atoms with Crippen LogP contribution in [0.4, 0.5) is 0 Å². The first-order valence-electron chi connectivity index (χ1n) is 10.1. The summed E-state index contributed by atoms with van der Waals surface area (Å²) in [6.45, 7) is 3.61. The van der Waals surface area contributed by atoms with Gasteiger partial charge < -0.3 is 9.30 Å². The largest absolute Gasteiger partial charge is 0.457 e. The molecule has 0 amide bonds. The first-order chi connectivity index (χ1) is 15.0. The van der Waals surface area contributed by atoms with Gasteiger partial charge in [0.2, 0.25) is 5.78 Å². The van der Waals surface area contributed by atoms with Gasteiger partial charge in [0.15, 0.2) is 6.61 Å². The Bertz CT molecular complexity index is 1240. The fraction of sp³-hybridized carbons (Fsp3) is 0.154. The summed E-state index contributed by atoms with van der Waals surface area (Å²) in [4.78, 5) is 25.9. The van der Waals surface area contributed by atoms with Gasteiger partial charge in [-0.25, -0.2) is 0 Å². The third-order valence-electron chi connectivity index (χ3n) is 5.19. The molecule has 0 atom stereocenters. The van der Waals surface area contributed by atoms with Crippen LogP contribution in [0.1, 0.15) is 21.7 Å². The van der Waals surface area contributed by atoms with E-state index in [9.17, 15) is 9.59 Å². The molecule has 5 heteroatoms. The Kier molecular flexibility index (Phi) is 6.23. The highest BCUT2D eigenvalue weighted by atomic mass is 32.2. The van der Waals surface area contributed by atoms with Crippen LogP contribution in [0.25, 0.3) is 16.5 Å². The van der Waals surface area contributed by atoms with Crippen molar-refractivity contribution in [2.75, 3.05) is 12.4 Å². The summed E-state index contributed by atoms with van der Waals surface area (Å²) >= 11 is 1.41. The SMILES string of the molecule is Cc1cc(C(=O)COC(=O)CSc2ccc3ccccc3c2)c(C)n1-c1ccccc1. The summed E-state index contributed by atoms with van der Waals surface area (Å²) in [5, 5.41) is 2.29. The lowest BCUT2D eigenvalue weighted by atomic mass is 10.1. The summed E-state index contributed by atoms with van der Waals surface area (Å²) in [5.74, 6) is -0.433. The molecule has 4 aromatic rings. The maximum atomic E-state index is 12.7. The van der Waals surface area contributed by atoms with E-state index >= 15 is 0 Å². The minimum atomic E-state index is -0.400. The molecule has 4 nitrogen and oxygen atoms in total. The third kappa shape index (κ3) is 4.72. The summed E-state index contributed by atoms with van der Waals surface area (Å²) in [7, 11) is 0. The van der Waals surface area contributed by atoms with E-state index in [-0.39, 0.29) is 18.1 Å². The summed E-state index contributed by atoms with van der Waals surface area (Å²) in [6, 6.07) is 25.9. The molecular weight excluding hydrogens is 406 g/mol. The lowest BCUT2D eigenvalue weighted by Crippen LogP contribution is -2.16. The van der Waals surface area contributed by atoms with E-state index in [1.807, 2.05) is 85.1 Å². The van der Waals surface area contributed by atoms with Crippen LogP contribution in [-0.2, 0) is 9.53 Å². The molecular formula is C26H23NO3S. The van der Waals surface area contributed by atoms with Crippen LogP contribution in [0.5, 0.6) is 0 Å². The number of fused-ring (bicyclic) bond motifs is 1. The highest BCUT2D eigenvalue weighted by Crippen LogP contribution is 2.24. The zero-order valence-electron chi connectivity index (χ0n) is 17.5. The molecule has 0 aliphatic rings. The van der Waals surface area contributed by atoms with Crippen molar-refractivity contribution in [2.24, 2.45) is 0 Å². The standard InChI is InChI=1S/C26H23NO3S/c1-18-14-24(19(2)27(18)22-10-4-3-5-11-22)25(28)16-30-26(29)17-31-23-13-12-20-8-6-7-9-21(20)15-23/h3-15H,16-17H2,1-2H3. The number of hydrogen-bond donors (Lipinski definition) is 0. The fourth-order valence-corrected chi connectivity index (χ4v) is 4.43. The van der Waals surface area contributed by atoms with Crippen LogP contribution in [0.15, 0.2) is 83.8 Å². The molecule has 1 heterocycles. The Morgan fingerprint density at radius 1 is 0.871 bits per heavy atom. The van der Waals surface area contributed by atoms with Crippen molar-refractivity contribution in [1.82, 2.24) is 4.57 Å². The van der Waals surface area contributed by atoms with Crippen molar-refractivity contribution >= 4 is 34.3 Å². The average Bonchev–Trinajstić information content (AvgIpc) is 3.10. The molecule has 1 aromatic heterocycles. The molecule has 156 valence electrons. The van der Waals surface area contributed by atoms with Gasteiger partial charge in [-0.1, -0.05) is 48.5 Å². The van der Waals surface area contributed by atoms with Gasteiger partial charge in [-0.2, -0.15) is 0 Å². The number of benzene rings is 3. The van der Waals surface area contributed by atoms with Crippen molar-refractivity contribution in [3.05, 3.63) is 95.8 Å². The Morgan fingerprint density at radius 3 is 2.35 bits per heavy atom. The van der Waals surface area contributed by atoms with Gasteiger partial charge in [0, 0.05) is 27.5 Å². The Balaban J connectivity index is 1.35. The second kappa shape index (κ2) is 9.23. The van der Waals surface area contributed by atoms with Crippen molar-refractivity contribution in [1.29, 1.82) is 0 Å². The number of thioether (sulfide) groups is 1. The van der Waals surface area contributed by atoms with Crippen LogP contribution >= 0.6 is 11.8 Å². The van der Waals surface area contributed by atoms with Crippen LogP contribution in [-0.4, -0.2) is 28.7 Å². The minimum absolute atomic E-state index is 0.161. The number of rotatable bonds is 7. The minimum Gasteiger partial charge on any atom is -0.457 e. The molecule has 0 radical (unpaired) electrons.